The average Bonchev–Trinajstić information content (AvgIpc) is 2.78. The van der Waals surface area contributed by atoms with Crippen molar-refractivity contribution in [2.45, 2.75) is 56.7 Å². The SMILES string of the molecule is C=C[C@]12CC[C@@]3(C)C(F)[C@H](O)C[C@H]3[C@@H]1CCc1ccccc12. The molecule has 1 nitrogen and oxygen atoms in total. The summed E-state index contributed by atoms with van der Waals surface area (Å²) in [6, 6.07) is 8.69. The molecule has 1 aromatic rings. The van der Waals surface area contributed by atoms with E-state index in [0.29, 0.717) is 12.3 Å². The molecule has 0 spiro atoms. The third-order valence-corrected chi connectivity index (χ3v) is 7.14. The average molecular weight is 300 g/mol. The first-order chi connectivity index (χ1) is 10.5. The van der Waals surface area contributed by atoms with Gasteiger partial charge in [0.15, 0.2) is 0 Å². The standard InChI is InChI=1S/C20H25FO/c1-3-20-11-10-19(2)16(12-17(22)18(19)21)15(20)9-8-13-6-4-5-7-14(13)20/h3-7,15-18,22H,1,8-12H2,2H3/t15-,16-,17+,18?,19+,20+/m0/s1. The molecule has 3 aliphatic rings. The molecule has 0 radical (unpaired) electrons. The largest absolute Gasteiger partial charge is 0.390 e. The summed E-state index contributed by atoms with van der Waals surface area (Å²) in [4.78, 5) is 0. The number of halogens is 1. The van der Waals surface area contributed by atoms with Crippen molar-refractivity contribution in [3.63, 3.8) is 0 Å². The van der Waals surface area contributed by atoms with Crippen LogP contribution in [0, 0.1) is 17.3 Å². The lowest BCUT2D eigenvalue weighted by Gasteiger charge is -2.55. The molecule has 0 amide bonds. The van der Waals surface area contributed by atoms with E-state index < -0.39 is 12.3 Å². The van der Waals surface area contributed by atoms with Crippen molar-refractivity contribution in [3.8, 4) is 0 Å². The molecule has 2 fully saturated rings. The van der Waals surface area contributed by atoms with E-state index in [4.69, 9.17) is 0 Å². The number of rotatable bonds is 1. The number of benzene rings is 1. The van der Waals surface area contributed by atoms with Gasteiger partial charge in [0.25, 0.3) is 0 Å². The molecule has 0 aliphatic heterocycles. The maximum atomic E-state index is 14.6. The molecule has 118 valence electrons. The van der Waals surface area contributed by atoms with Gasteiger partial charge in [0.1, 0.15) is 6.17 Å². The first-order valence-electron chi connectivity index (χ1n) is 8.57. The highest BCUT2D eigenvalue weighted by molar-refractivity contribution is 5.43. The Kier molecular flexibility index (Phi) is 3.07. The normalized spacial score (nSPS) is 46.5. The molecule has 6 atom stereocenters. The van der Waals surface area contributed by atoms with Crippen molar-refractivity contribution in [2.75, 3.05) is 0 Å². The van der Waals surface area contributed by atoms with E-state index in [-0.39, 0.29) is 16.7 Å². The summed E-state index contributed by atoms with van der Waals surface area (Å²) in [5.74, 6) is 0.673. The van der Waals surface area contributed by atoms with Gasteiger partial charge in [0, 0.05) is 10.8 Å². The Bertz CT molecular complexity index is 611. The smallest absolute Gasteiger partial charge is 0.131 e. The minimum Gasteiger partial charge on any atom is -0.390 e. The molecule has 1 N–H and O–H groups in total. The molecule has 0 aromatic heterocycles. The van der Waals surface area contributed by atoms with Crippen LogP contribution in [-0.2, 0) is 11.8 Å². The van der Waals surface area contributed by atoms with Gasteiger partial charge in [-0.2, -0.15) is 0 Å². The van der Waals surface area contributed by atoms with E-state index in [1.165, 1.54) is 11.1 Å². The number of aliphatic hydroxyl groups is 1. The number of aryl methyl sites for hydroxylation is 1. The van der Waals surface area contributed by atoms with Crippen LogP contribution in [-0.4, -0.2) is 17.4 Å². The number of alkyl halides is 1. The Labute approximate surface area is 132 Å². The molecule has 2 saturated carbocycles. The second kappa shape index (κ2) is 4.67. The summed E-state index contributed by atoms with van der Waals surface area (Å²) in [6.45, 7) is 6.24. The Morgan fingerprint density at radius 3 is 2.82 bits per heavy atom. The lowest BCUT2D eigenvalue weighted by atomic mass is 9.48. The third-order valence-electron chi connectivity index (χ3n) is 7.14. The van der Waals surface area contributed by atoms with Crippen LogP contribution in [0.3, 0.4) is 0 Å². The minimum absolute atomic E-state index is 0.0250. The Morgan fingerprint density at radius 1 is 1.27 bits per heavy atom. The zero-order valence-corrected chi connectivity index (χ0v) is 13.3. The van der Waals surface area contributed by atoms with E-state index in [2.05, 4.69) is 43.8 Å². The topological polar surface area (TPSA) is 20.2 Å². The fraction of sp³-hybridized carbons (Fsp3) is 0.600. The Hall–Kier alpha value is -1.15. The quantitative estimate of drug-likeness (QED) is 0.771. The number of fused-ring (bicyclic) bond motifs is 5. The first kappa shape index (κ1) is 14.4. The highest BCUT2D eigenvalue weighted by Crippen LogP contribution is 2.64. The number of allylic oxidation sites excluding steroid dienone is 1. The van der Waals surface area contributed by atoms with Crippen molar-refractivity contribution in [1.29, 1.82) is 0 Å². The molecule has 0 heterocycles. The first-order valence-corrected chi connectivity index (χ1v) is 8.57. The Balaban J connectivity index is 1.83. The summed E-state index contributed by atoms with van der Waals surface area (Å²) in [6.07, 6.45) is 4.84. The van der Waals surface area contributed by atoms with E-state index in [9.17, 15) is 9.50 Å². The minimum atomic E-state index is -1.07. The van der Waals surface area contributed by atoms with Crippen molar-refractivity contribution in [2.24, 2.45) is 17.3 Å². The monoisotopic (exact) mass is 300 g/mol. The molecule has 0 saturated heterocycles. The molecule has 4 rings (SSSR count). The maximum Gasteiger partial charge on any atom is 0.131 e. The third kappa shape index (κ3) is 1.62. The van der Waals surface area contributed by atoms with Crippen LogP contribution in [0.15, 0.2) is 36.9 Å². The van der Waals surface area contributed by atoms with Gasteiger partial charge in [-0.25, -0.2) is 4.39 Å². The molecule has 3 aliphatic carbocycles. The molecule has 1 aromatic carbocycles. The fourth-order valence-electron chi connectivity index (χ4n) is 5.92. The zero-order valence-electron chi connectivity index (χ0n) is 13.3. The van der Waals surface area contributed by atoms with Crippen LogP contribution in [0.5, 0.6) is 0 Å². The molecule has 1 unspecified atom stereocenters. The van der Waals surface area contributed by atoms with Crippen LogP contribution in [0.1, 0.15) is 43.7 Å². The summed E-state index contributed by atoms with van der Waals surface area (Å²) in [5, 5.41) is 10.1. The maximum absolute atomic E-state index is 14.6. The highest BCUT2D eigenvalue weighted by atomic mass is 19.1. The van der Waals surface area contributed by atoms with Gasteiger partial charge < -0.3 is 5.11 Å². The predicted molar refractivity (Wildman–Crippen MR) is 86.5 cm³/mol. The van der Waals surface area contributed by atoms with Crippen molar-refractivity contribution in [3.05, 3.63) is 48.0 Å². The molecule has 2 heteroatoms. The number of hydrogen-bond donors (Lipinski definition) is 1. The van der Waals surface area contributed by atoms with Gasteiger partial charge in [-0.3, -0.25) is 0 Å². The van der Waals surface area contributed by atoms with Crippen molar-refractivity contribution >= 4 is 0 Å². The predicted octanol–water partition coefficient (Wildman–Crippen LogP) is 4.19. The second-order valence-corrected chi connectivity index (χ2v) is 7.86. The summed E-state index contributed by atoms with van der Waals surface area (Å²) in [7, 11) is 0. The summed E-state index contributed by atoms with van der Waals surface area (Å²) in [5.41, 5.74) is 2.45. The van der Waals surface area contributed by atoms with Crippen LogP contribution in [0.2, 0.25) is 0 Å². The Morgan fingerprint density at radius 2 is 2.05 bits per heavy atom. The molecule has 0 bridgehead atoms. The molecular formula is C20H25FO. The highest BCUT2D eigenvalue weighted by Gasteiger charge is 2.62. The number of aliphatic hydroxyl groups excluding tert-OH is 1. The lowest BCUT2D eigenvalue weighted by molar-refractivity contribution is -0.0197. The van der Waals surface area contributed by atoms with Gasteiger partial charge in [0.05, 0.1) is 6.10 Å². The van der Waals surface area contributed by atoms with Crippen LogP contribution >= 0.6 is 0 Å². The summed E-state index contributed by atoms with van der Waals surface area (Å²) >= 11 is 0. The fourth-order valence-corrected chi connectivity index (χ4v) is 5.92. The summed E-state index contributed by atoms with van der Waals surface area (Å²) < 4.78 is 14.6. The van der Waals surface area contributed by atoms with Gasteiger partial charge in [0.2, 0.25) is 0 Å². The van der Waals surface area contributed by atoms with Crippen molar-refractivity contribution < 1.29 is 9.50 Å². The molecule has 22 heavy (non-hydrogen) atoms. The van der Waals surface area contributed by atoms with Crippen LogP contribution in [0.4, 0.5) is 4.39 Å². The van der Waals surface area contributed by atoms with E-state index in [1.54, 1.807) is 0 Å². The number of hydrogen-bond acceptors (Lipinski definition) is 1. The van der Waals surface area contributed by atoms with Gasteiger partial charge in [-0.05, 0) is 55.1 Å². The van der Waals surface area contributed by atoms with Gasteiger partial charge in [-0.1, -0.05) is 37.3 Å². The van der Waals surface area contributed by atoms with Gasteiger partial charge in [-0.15, -0.1) is 6.58 Å². The second-order valence-electron chi connectivity index (χ2n) is 7.86. The van der Waals surface area contributed by atoms with Crippen LogP contribution in [0.25, 0.3) is 0 Å². The zero-order chi connectivity index (χ0) is 15.5. The van der Waals surface area contributed by atoms with E-state index in [0.717, 1.165) is 25.7 Å². The molecular weight excluding hydrogens is 275 g/mol. The van der Waals surface area contributed by atoms with E-state index >= 15 is 0 Å². The van der Waals surface area contributed by atoms with E-state index in [1.807, 2.05) is 0 Å². The lowest BCUT2D eigenvalue weighted by Crippen LogP contribution is -2.51. The van der Waals surface area contributed by atoms with Crippen LogP contribution < -0.4 is 0 Å². The van der Waals surface area contributed by atoms with Crippen molar-refractivity contribution in [1.82, 2.24) is 0 Å². The van der Waals surface area contributed by atoms with Gasteiger partial charge >= 0.3 is 0 Å².